The Hall–Kier alpha value is -6.58. The van der Waals surface area contributed by atoms with Crippen molar-refractivity contribution in [3.63, 3.8) is 0 Å². The van der Waals surface area contributed by atoms with Gasteiger partial charge in [-0.2, -0.15) is 0 Å². The summed E-state index contributed by atoms with van der Waals surface area (Å²) in [7, 11) is 0. The first-order chi connectivity index (χ1) is 24.7. The molecule has 8 aromatic carbocycles. The lowest BCUT2D eigenvalue weighted by atomic mass is 9.96. The van der Waals surface area contributed by atoms with Crippen molar-refractivity contribution in [1.29, 1.82) is 0 Å². The molecule has 0 atom stereocenters. The van der Waals surface area contributed by atoms with Crippen LogP contribution in [0.4, 0.5) is 0 Å². The van der Waals surface area contributed by atoms with Crippen LogP contribution in [0.25, 0.3) is 99.2 Å². The molecule has 0 fully saturated rings. The zero-order valence-corrected chi connectivity index (χ0v) is 27.4. The van der Waals surface area contributed by atoms with Gasteiger partial charge in [0.2, 0.25) is 0 Å². The van der Waals surface area contributed by atoms with Gasteiger partial charge in [-0.25, -0.2) is 9.97 Å². The average Bonchev–Trinajstić information content (AvgIpc) is 3.57. The number of nitrogens with zero attached hydrogens (tertiary/aromatic N) is 2. The molecule has 10 aromatic rings. The number of aryl methyl sites for hydroxylation is 1. The topological polar surface area (TPSA) is 38.9 Å². The maximum atomic E-state index is 6.30. The fraction of sp³-hybridized carbons (Fsp3) is 0.0213. The van der Waals surface area contributed by atoms with Gasteiger partial charge in [0.05, 0.1) is 22.4 Å². The number of para-hydroxylation sites is 2. The van der Waals surface area contributed by atoms with E-state index in [2.05, 4.69) is 159 Å². The summed E-state index contributed by atoms with van der Waals surface area (Å²) in [4.78, 5) is 10.5. The van der Waals surface area contributed by atoms with Crippen molar-refractivity contribution in [3.05, 3.63) is 169 Å². The normalized spacial score (nSPS) is 11.7. The molecule has 0 radical (unpaired) electrons. The minimum atomic E-state index is 0.912. The van der Waals surface area contributed by atoms with Gasteiger partial charge in [0.25, 0.3) is 0 Å². The molecule has 0 aliphatic heterocycles. The Morgan fingerprint density at radius 3 is 1.56 bits per heavy atom. The van der Waals surface area contributed by atoms with E-state index in [0.29, 0.717) is 0 Å². The first-order valence-corrected chi connectivity index (χ1v) is 17.0. The van der Waals surface area contributed by atoms with E-state index >= 15 is 0 Å². The molecule has 3 heteroatoms. The molecule has 10 rings (SSSR count). The highest BCUT2D eigenvalue weighted by atomic mass is 16.3. The standard InChI is InChI=1S/C47H30N2O/c1-29-44(49-46-41-16-5-3-13-38(41)37-12-2-4-15-40(37)45(46)48-29)35-11-8-10-34(28-35)32-22-20-30(21-23-32)31-24-26-33(27-25-31)36-17-9-18-42-39-14-6-7-19-43(39)50-47(36)42/h2-28H,1H3. The molecular formula is C47H30N2O. The van der Waals surface area contributed by atoms with Gasteiger partial charge < -0.3 is 4.42 Å². The molecule has 0 bridgehead atoms. The number of hydrogen-bond donors (Lipinski definition) is 0. The van der Waals surface area contributed by atoms with Crippen molar-refractivity contribution in [1.82, 2.24) is 9.97 Å². The van der Waals surface area contributed by atoms with Crippen LogP contribution in [0.15, 0.2) is 168 Å². The highest BCUT2D eigenvalue weighted by Crippen LogP contribution is 2.38. The molecule has 0 aliphatic rings. The van der Waals surface area contributed by atoms with Gasteiger partial charge in [0.15, 0.2) is 0 Å². The van der Waals surface area contributed by atoms with Gasteiger partial charge >= 0.3 is 0 Å². The summed E-state index contributed by atoms with van der Waals surface area (Å²) in [6.45, 7) is 2.07. The second-order valence-electron chi connectivity index (χ2n) is 13.0. The molecule has 0 N–H and O–H groups in total. The highest BCUT2D eigenvalue weighted by molar-refractivity contribution is 6.23. The Morgan fingerprint density at radius 1 is 0.380 bits per heavy atom. The SMILES string of the molecule is Cc1nc2c3ccccc3c3ccccc3c2nc1-c1cccc(-c2ccc(-c3ccc(-c4cccc5c4oc4ccccc45)cc3)cc2)c1. The summed E-state index contributed by atoms with van der Waals surface area (Å²) in [6, 6.07) is 57.9. The van der Waals surface area contributed by atoms with Crippen molar-refractivity contribution >= 4 is 54.5 Å². The Labute approximate surface area is 289 Å². The van der Waals surface area contributed by atoms with Gasteiger partial charge in [-0.15, -0.1) is 0 Å². The van der Waals surface area contributed by atoms with E-state index in [1.807, 2.05) is 12.1 Å². The fourth-order valence-corrected chi connectivity index (χ4v) is 7.54. The van der Waals surface area contributed by atoms with Crippen molar-refractivity contribution in [2.45, 2.75) is 6.92 Å². The molecule has 0 aliphatic carbocycles. The third-order valence-electron chi connectivity index (χ3n) is 10.0. The second kappa shape index (κ2) is 11.3. The number of benzene rings is 8. The van der Waals surface area contributed by atoms with E-state index < -0.39 is 0 Å². The maximum Gasteiger partial charge on any atom is 0.143 e. The first kappa shape index (κ1) is 28.4. The lowest BCUT2D eigenvalue weighted by Crippen LogP contribution is -1.97. The van der Waals surface area contributed by atoms with Crippen molar-refractivity contribution < 1.29 is 4.42 Å². The number of aromatic nitrogens is 2. The molecule has 0 amide bonds. The average molecular weight is 639 g/mol. The van der Waals surface area contributed by atoms with Crippen molar-refractivity contribution in [2.24, 2.45) is 0 Å². The molecule has 50 heavy (non-hydrogen) atoms. The Morgan fingerprint density at radius 2 is 0.880 bits per heavy atom. The van der Waals surface area contributed by atoms with Crippen molar-refractivity contribution in [2.75, 3.05) is 0 Å². The van der Waals surface area contributed by atoms with Gasteiger partial charge in [0.1, 0.15) is 11.2 Å². The van der Waals surface area contributed by atoms with E-state index in [0.717, 1.165) is 82.9 Å². The van der Waals surface area contributed by atoms with Gasteiger partial charge in [0, 0.05) is 32.7 Å². The minimum Gasteiger partial charge on any atom is -0.455 e. The highest BCUT2D eigenvalue weighted by Gasteiger charge is 2.16. The van der Waals surface area contributed by atoms with Crippen LogP contribution in [0.3, 0.4) is 0 Å². The van der Waals surface area contributed by atoms with Gasteiger partial charge in [-0.05, 0) is 57.6 Å². The minimum absolute atomic E-state index is 0.912. The largest absolute Gasteiger partial charge is 0.455 e. The maximum absolute atomic E-state index is 6.30. The van der Waals surface area contributed by atoms with Crippen LogP contribution in [0.2, 0.25) is 0 Å². The number of fused-ring (bicyclic) bond motifs is 9. The lowest BCUT2D eigenvalue weighted by molar-refractivity contribution is 0.670. The zero-order chi connectivity index (χ0) is 33.2. The fourth-order valence-electron chi connectivity index (χ4n) is 7.54. The molecule has 0 saturated carbocycles. The first-order valence-electron chi connectivity index (χ1n) is 17.0. The molecule has 0 saturated heterocycles. The van der Waals surface area contributed by atoms with Crippen LogP contribution in [-0.4, -0.2) is 9.97 Å². The van der Waals surface area contributed by atoms with Crippen LogP contribution in [0.1, 0.15) is 5.69 Å². The summed E-state index contributed by atoms with van der Waals surface area (Å²) in [6.07, 6.45) is 0. The number of rotatable bonds is 4. The second-order valence-corrected chi connectivity index (χ2v) is 13.0. The summed E-state index contributed by atoms with van der Waals surface area (Å²) >= 11 is 0. The Balaban J connectivity index is 0.977. The summed E-state index contributed by atoms with van der Waals surface area (Å²) in [5.41, 5.74) is 13.5. The molecule has 234 valence electrons. The molecule has 0 unspecified atom stereocenters. The van der Waals surface area contributed by atoms with Crippen LogP contribution >= 0.6 is 0 Å². The number of hydrogen-bond acceptors (Lipinski definition) is 3. The van der Waals surface area contributed by atoms with Crippen LogP contribution in [-0.2, 0) is 0 Å². The van der Waals surface area contributed by atoms with E-state index in [1.54, 1.807) is 0 Å². The zero-order valence-electron chi connectivity index (χ0n) is 27.4. The van der Waals surface area contributed by atoms with E-state index in [9.17, 15) is 0 Å². The molecule has 2 aromatic heterocycles. The summed E-state index contributed by atoms with van der Waals surface area (Å²) in [5, 5.41) is 6.96. The van der Waals surface area contributed by atoms with Gasteiger partial charge in [-0.1, -0.05) is 152 Å². The lowest BCUT2D eigenvalue weighted by Gasteiger charge is -2.13. The summed E-state index contributed by atoms with van der Waals surface area (Å²) < 4.78 is 6.30. The van der Waals surface area contributed by atoms with Crippen molar-refractivity contribution in [3.8, 4) is 44.6 Å². The molecule has 0 spiro atoms. The summed E-state index contributed by atoms with van der Waals surface area (Å²) in [5.74, 6) is 0. The van der Waals surface area contributed by atoms with E-state index in [-0.39, 0.29) is 0 Å². The van der Waals surface area contributed by atoms with Gasteiger partial charge in [-0.3, -0.25) is 0 Å². The predicted molar refractivity (Wildman–Crippen MR) is 208 cm³/mol. The Bertz CT molecular complexity index is 2920. The number of furan rings is 1. The van der Waals surface area contributed by atoms with Crippen LogP contribution < -0.4 is 0 Å². The Kier molecular flexibility index (Phi) is 6.40. The predicted octanol–water partition coefficient (Wildman–Crippen LogP) is 12.8. The quantitative estimate of drug-likeness (QED) is 0.180. The monoisotopic (exact) mass is 638 g/mol. The van der Waals surface area contributed by atoms with Crippen LogP contribution in [0.5, 0.6) is 0 Å². The molecule has 3 nitrogen and oxygen atoms in total. The third-order valence-corrected chi connectivity index (χ3v) is 10.0. The molecular weight excluding hydrogens is 609 g/mol. The molecule has 2 heterocycles. The van der Waals surface area contributed by atoms with E-state index in [4.69, 9.17) is 14.4 Å². The van der Waals surface area contributed by atoms with E-state index in [1.165, 1.54) is 21.9 Å². The van der Waals surface area contributed by atoms with Crippen LogP contribution in [0, 0.1) is 6.92 Å². The third kappa shape index (κ3) is 4.52. The smallest absolute Gasteiger partial charge is 0.143 e.